The van der Waals surface area contributed by atoms with Crippen molar-refractivity contribution in [1.82, 2.24) is 0 Å². The van der Waals surface area contributed by atoms with Gasteiger partial charge in [0.15, 0.2) is 0 Å². The summed E-state index contributed by atoms with van der Waals surface area (Å²) in [5, 5.41) is 0. The van der Waals surface area contributed by atoms with Gasteiger partial charge in [-0.15, -0.1) is 0 Å². The highest BCUT2D eigenvalue weighted by Crippen LogP contribution is 2.34. The molecule has 3 aromatic carbocycles. The van der Waals surface area contributed by atoms with Gasteiger partial charge in [0.2, 0.25) is 0 Å². The normalized spacial score (nSPS) is 11.2. The molecule has 0 N–H and O–H groups in total. The van der Waals surface area contributed by atoms with Crippen LogP contribution < -0.4 is 9.47 Å². The average Bonchev–Trinajstić information content (AvgIpc) is 2.80. The molecule has 0 aliphatic carbocycles. The Morgan fingerprint density at radius 2 is 1.56 bits per heavy atom. The Kier molecular flexibility index (Phi) is 8.34. The first-order valence-corrected chi connectivity index (χ1v) is 13.0. The zero-order valence-electron chi connectivity index (χ0n) is 20.0. The molecule has 7 heteroatoms. The van der Waals surface area contributed by atoms with Crippen molar-refractivity contribution < 1.29 is 27.4 Å². The number of rotatable bonds is 10. The van der Waals surface area contributed by atoms with Gasteiger partial charge >= 0.3 is 5.97 Å². The van der Waals surface area contributed by atoms with Crippen LogP contribution in [0.15, 0.2) is 60.7 Å². The third kappa shape index (κ3) is 6.84. The lowest BCUT2D eigenvalue weighted by Gasteiger charge is -2.18. The number of sulfone groups is 1. The summed E-state index contributed by atoms with van der Waals surface area (Å²) in [6.07, 6.45) is 1.65. The molecule has 0 saturated heterocycles. The second kappa shape index (κ2) is 11.2. The zero-order valence-corrected chi connectivity index (χ0v) is 20.8. The van der Waals surface area contributed by atoms with Gasteiger partial charge in [0.05, 0.1) is 25.0 Å². The summed E-state index contributed by atoms with van der Waals surface area (Å²) in [4.78, 5) is 12.2. The summed E-state index contributed by atoms with van der Waals surface area (Å²) in [5.74, 6) is 1.13. The summed E-state index contributed by atoms with van der Waals surface area (Å²) in [5.41, 5.74) is 5.21. The fraction of sp³-hybridized carbons (Fsp3) is 0.296. The summed E-state index contributed by atoms with van der Waals surface area (Å²) in [6.45, 7) is 4.62. The summed E-state index contributed by atoms with van der Waals surface area (Å²) >= 11 is 0. The number of hydrogen-bond acceptors (Lipinski definition) is 6. The van der Waals surface area contributed by atoms with Crippen molar-refractivity contribution in [3.8, 4) is 22.6 Å². The van der Waals surface area contributed by atoms with Gasteiger partial charge < -0.3 is 14.2 Å². The van der Waals surface area contributed by atoms with E-state index in [1.165, 1.54) is 13.4 Å². The Morgan fingerprint density at radius 1 is 0.882 bits per heavy atom. The topological polar surface area (TPSA) is 78.9 Å². The highest BCUT2D eigenvalue weighted by atomic mass is 32.2. The number of carbonyl (C=O) groups excluding carboxylic acids is 1. The van der Waals surface area contributed by atoms with Crippen molar-refractivity contribution in [2.24, 2.45) is 0 Å². The molecule has 0 unspecified atom stereocenters. The van der Waals surface area contributed by atoms with Gasteiger partial charge in [0.1, 0.15) is 27.9 Å². The summed E-state index contributed by atoms with van der Waals surface area (Å²) in [6, 6.07) is 18.9. The fourth-order valence-corrected chi connectivity index (χ4v) is 4.44. The number of ether oxygens (including phenoxy) is 3. The van der Waals surface area contributed by atoms with Gasteiger partial charge in [-0.2, -0.15) is 0 Å². The molecule has 6 nitrogen and oxygen atoms in total. The van der Waals surface area contributed by atoms with Gasteiger partial charge in [0, 0.05) is 6.26 Å². The number of aryl methyl sites for hydroxylation is 2. The molecule has 0 spiro atoms. The summed E-state index contributed by atoms with van der Waals surface area (Å²) in [7, 11) is -1.65. The van der Waals surface area contributed by atoms with Gasteiger partial charge in [-0.25, -0.2) is 13.2 Å². The van der Waals surface area contributed by atoms with Gasteiger partial charge in [0.25, 0.3) is 0 Å². The van der Waals surface area contributed by atoms with Crippen LogP contribution in [0.5, 0.6) is 11.5 Å². The van der Waals surface area contributed by atoms with Gasteiger partial charge in [-0.1, -0.05) is 24.3 Å². The van der Waals surface area contributed by atoms with Gasteiger partial charge in [-0.3, -0.25) is 0 Å². The number of esters is 1. The van der Waals surface area contributed by atoms with E-state index in [-0.39, 0.29) is 5.75 Å². The maximum Gasteiger partial charge on any atom is 0.337 e. The first-order valence-electron chi connectivity index (χ1n) is 11.0. The van der Waals surface area contributed by atoms with Crippen LogP contribution in [0.25, 0.3) is 11.1 Å². The third-order valence-electron chi connectivity index (χ3n) is 5.37. The molecule has 3 aromatic rings. The van der Waals surface area contributed by atoms with E-state index in [1.807, 2.05) is 68.4 Å². The van der Waals surface area contributed by atoms with E-state index >= 15 is 0 Å². The molecule has 0 heterocycles. The van der Waals surface area contributed by atoms with E-state index in [0.717, 1.165) is 33.6 Å². The van der Waals surface area contributed by atoms with E-state index < -0.39 is 15.8 Å². The molecule has 0 aliphatic heterocycles. The van der Waals surface area contributed by atoms with Gasteiger partial charge in [-0.05, 0) is 84.5 Å². The molecule has 0 fully saturated rings. The first kappa shape index (κ1) is 25.3. The zero-order chi connectivity index (χ0) is 24.7. The van der Waals surface area contributed by atoms with Crippen LogP contribution in [0.1, 0.15) is 33.5 Å². The minimum absolute atomic E-state index is 0.0914. The van der Waals surface area contributed by atoms with E-state index in [9.17, 15) is 13.2 Å². The standard InChI is InChI=1S/C27H30O6S/c1-19-15-24(32-13-8-14-34(4,29)30)16-20(2)26(19)25-17-21(27(28)31-3)11-12-22(25)18-33-23-9-6-5-7-10-23/h5-7,9-12,15-17H,8,13-14,18H2,1-4H3. The van der Waals surface area contributed by atoms with Crippen LogP contribution in [0, 0.1) is 13.8 Å². The smallest absolute Gasteiger partial charge is 0.337 e. The number of carbonyl (C=O) groups is 1. The Bertz CT molecular complexity index is 1230. The molecular weight excluding hydrogens is 452 g/mol. The second-order valence-electron chi connectivity index (χ2n) is 8.23. The molecule has 0 bridgehead atoms. The molecule has 0 aliphatic rings. The van der Waals surface area contributed by atoms with E-state index in [2.05, 4.69) is 0 Å². The van der Waals surface area contributed by atoms with E-state index in [0.29, 0.717) is 30.9 Å². The Morgan fingerprint density at radius 3 is 2.18 bits per heavy atom. The van der Waals surface area contributed by atoms with Crippen molar-refractivity contribution in [3.05, 3.63) is 82.9 Å². The minimum atomic E-state index is -3.01. The van der Waals surface area contributed by atoms with Crippen LogP contribution in [-0.4, -0.2) is 40.1 Å². The maximum atomic E-state index is 12.2. The van der Waals surface area contributed by atoms with Crippen molar-refractivity contribution >= 4 is 15.8 Å². The quantitative estimate of drug-likeness (QED) is 0.294. The van der Waals surface area contributed by atoms with Crippen LogP contribution in [0.3, 0.4) is 0 Å². The molecule has 34 heavy (non-hydrogen) atoms. The molecule has 180 valence electrons. The maximum absolute atomic E-state index is 12.2. The van der Waals surface area contributed by atoms with Crippen LogP contribution in [0.4, 0.5) is 0 Å². The van der Waals surface area contributed by atoms with E-state index in [1.54, 1.807) is 6.07 Å². The lowest BCUT2D eigenvalue weighted by atomic mass is 9.91. The molecule has 3 rings (SSSR count). The highest BCUT2D eigenvalue weighted by Gasteiger charge is 2.16. The second-order valence-corrected chi connectivity index (χ2v) is 10.5. The predicted molar refractivity (Wildman–Crippen MR) is 133 cm³/mol. The molecule has 0 amide bonds. The third-order valence-corrected chi connectivity index (χ3v) is 6.40. The van der Waals surface area contributed by atoms with Crippen molar-refractivity contribution in [2.75, 3.05) is 25.7 Å². The van der Waals surface area contributed by atoms with Crippen LogP contribution in [0.2, 0.25) is 0 Å². The molecule has 0 saturated carbocycles. The highest BCUT2D eigenvalue weighted by molar-refractivity contribution is 7.90. The SMILES string of the molecule is COC(=O)c1ccc(COc2ccccc2)c(-c2c(C)cc(OCCCS(C)(=O)=O)cc2C)c1. The van der Waals surface area contributed by atoms with Crippen LogP contribution >= 0.6 is 0 Å². The predicted octanol–water partition coefficient (Wildman–Crippen LogP) is 5.15. The molecular formula is C27H30O6S. The largest absolute Gasteiger partial charge is 0.494 e. The molecule has 0 atom stereocenters. The Labute approximate surface area is 201 Å². The average molecular weight is 483 g/mol. The van der Waals surface area contributed by atoms with Crippen molar-refractivity contribution in [3.63, 3.8) is 0 Å². The fourth-order valence-electron chi connectivity index (χ4n) is 3.80. The number of hydrogen-bond donors (Lipinski definition) is 0. The number of benzene rings is 3. The Hall–Kier alpha value is -3.32. The van der Waals surface area contributed by atoms with E-state index in [4.69, 9.17) is 14.2 Å². The number of para-hydroxylation sites is 1. The van der Waals surface area contributed by atoms with Crippen LogP contribution in [-0.2, 0) is 21.2 Å². The summed E-state index contributed by atoms with van der Waals surface area (Å²) < 4.78 is 39.4. The Balaban J connectivity index is 1.91. The lowest BCUT2D eigenvalue weighted by Crippen LogP contribution is -2.08. The lowest BCUT2D eigenvalue weighted by molar-refractivity contribution is 0.0600. The molecule has 0 aromatic heterocycles. The number of methoxy groups -OCH3 is 1. The van der Waals surface area contributed by atoms with Crippen molar-refractivity contribution in [1.29, 1.82) is 0 Å². The monoisotopic (exact) mass is 482 g/mol. The molecule has 0 radical (unpaired) electrons. The van der Waals surface area contributed by atoms with Crippen molar-refractivity contribution in [2.45, 2.75) is 26.9 Å². The first-order chi connectivity index (χ1) is 16.2. The minimum Gasteiger partial charge on any atom is -0.494 e.